The zero-order valence-corrected chi connectivity index (χ0v) is 13.5. The van der Waals surface area contributed by atoms with E-state index < -0.39 is 0 Å². The molecule has 0 saturated heterocycles. The van der Waals surface area contributed by atoms with E-state index in [9.17, 15) is 4.79 Å². The number of nitrogens with two attached hydrogens (primary N) is 1. The van der Waals surface area contributed by atoms with Gasteiger partial charge in [0.05, 0.1) is 17.7 Å². The number of amides is 1. The van der Waals surface area contributed by atoms with Crippen LogP contribution in [-0.2, 0) is 11.2 Å². The lowest BCUT2D eigenvalue weighted by Crippen LogP contribution is -2.14. The first kappa shape index (κ1) is 15.3. The maximum absolute atomic E-state index is 12.2. The van der Waals surface area contributed by atoms with Crippen LogP contribution in [0.1, 0.15) is 12.5 Å². The molecular formula is C17H17N3O2S. The van der Waals surface area contributed by atoms with E-state index in [4.69, 9.17) is 10.5 Å². The fourth-order valence-corrected chi connectivity index (χ4v) is 3.13. The molecule has 1 aromatic heterocycles. The molecule has 0 aliphatic heterocycles. The summed E-state index contributed by atoms with van der Waals surface area (Å²) in [5, 5.41) is 3.39. The lowest BCUT2D eigenvalue weighted by Gasteiger charge is -2.09. The number of aromatic nitrogens is 1. The molecule has 3 rings (SSSR count). The predicted octanol–water partition coefficient (Wildman–Crippen LogP) is 3.46. The van der Waals surface area contributed by atoms with E-state index in [2.05, 4.69) is 10.3 Å². The fourth-order valence-electron chi connectivity index (χ4n) is 2.34. The monoisotopic (exact) mass is 327 g/mol. The Bertz CT molecular complexity index is 830. The second kappa shape index (κ2) is 6.66. The topological polar surface area (TPSA) is 77.2 Å². The summed E-state index contributed by atoms with van der Waals surface area (Å²) >= 11 is 1.37. The zero-order chi connectivity index (χ0) is 16.2. The molecule has 6 heteroatoms. The standard InChI is InChI=1S/C17H17N3O2S/c1-2-22-13-9-12(10-14-16(13)20-17(18)23-14)19-15(21)8-11-6-4-3-5-7-11/h3-7,9-10H,2,8H2,1H3,(H2,18,20)(H,19,21). The largest absolute Gasteiger partial charge is 0.491 e. The third-order valence-corrected chi connectivity index (χ3v) is 4.10. The second-order valence-electron chi connectivity index (χ2n) is 5.02. The molecule has 3 aromatic rings. The Kier molecular flexibility index (Phi) is 4.43. The van der Waals surface area contributed by atoms with Gasteiger partial charge in [-0.15, -0.1) is 0 Å². The van der Waals surface area contributed by atoms with E-state index in [1.165, 1.54) is 11.3 Å². The molecule has 5 nitrogen and oxygen atoms in total. The highest BCUT2D eigenvalue weighted by atomic mass is 32.1. The van der Waals surface area contributed by atoms with Crippen molar-refractivity contribution in [1.29, 1.82) is 0 Å². The minimum absolute atomic E-state index is 0.0736. The number of nitrogens with zero attached hydrogens (tertiary/aromatic N) is 1. The molecule has 0 radical (unpaired) electrons. The van der Waals surface area contributed by atoms with Gasteiger partial charge >= 0.3 is 0 Å². The number of fused-ring (bicyclic) bond motifs is 1. The van der Waals surface area contributed by atoms with Gasteiger partial charge in [-0.3, -0.25) is 4.79 Å². The first-order chi connectivity index (χ1) is 11.2. The van der Waals surface area contributed by atoms with E-state index in [-0.39, 0.29) is 5.91 Å². The van der Waals surface area contributed by atoms with Crippen LogP contribution in [0.4, 0.5) is 10.8 Å². The van der Waals surface area contributed by atoms with Crippen LogP contribution >= 0.6 is 11.3 Å². The highest BCUT2D eigenvalue weighted by molar-refractivity contribution is 7.22. The van der Waals surface area contributed by atoms with Crippen molar-refractivity contribution < 1.29 is 9.53 Å². The van der Waals surface area contributed by atoms with Crippen LogP contribution < -0.4 is 15.8 Å². The number of ether oxygens (including phenoxy) is 1. The molecule has 3 N–H and O–H groups in total. The van der Waals surface area contributed by atoms with Gasteiger partial charge in [-0.25, -0.2) is 4.98 Å². The van der Waals surface area contributed by atoms with Crippen LogP contribution in [0.25, 0.3) is 10.2 Å². The Balaban J connectivity index is 1.83. The summed E-state index contributed by atoms with van der Waals surface area (Å²) in [5.41, 5.74) is 8.16. The summed E-state index contributed by atoms with van der Waals surface area (Å²) < 4.78 is 6.50. The maximum Gasteiger partial charge on any atom is 0.228 e. The Morgan fingerprint density at radius 3 is 2.83 bits per heavy atom. The number of hydrogen-bond acceptors (Lipinski definition) is 5. The summed E-state index contributed by atoms with van der Waals surface area (Å²) in [7, 11) is 0. The molecule has 0 saturated carbocycles. The van der Waals surface area contributed by atoms with Gasteiger partial charge in [0.25, 0.3) is 0 Å². The highest BCUT2D eigenvalue weighted by Gasteiger charge is 2.12. The molecule has 118 valence electrons. The van der Waals surface area contributed by atoms with Gasteiger partial charge in [0.2, 0.25) is 5.91 Å². The average molecular weight is 327 g/mol. The quantitative estimate of drug-likeness (QED) is 0.752. The number of hydrogen-bond donors (Lipinski definition) is 2. The van der Waals surface area contributed by atoms with E-state index in [1.807, 2.05) is 43.3 Å². The van der Waals surface area contributed by atoms with Crippen molar-refractivity contribution in [3.05, 3.63) is 48.0 Å². The highest BCUT2D eigenvalue weighted by Crippen LogP contribution is 2.34. The summed E-state index contributed by atoms with van der Waals surface area (Å²) in [6.45, 7) is 2.43. The molecule has 0 spiro atoms. The van der Waals surface area contributed by atoms with Crippen LogP contribution in [-0.4, -0.2) is 17.5 Å². The van der Waals surface area contributed by atoms with Crippen molar-refractivity contribution in [1.82, 2.24) is 4.98 Å². The lowest BCUT2D eigenvalue weighted by molar-refractivity contribution is -0.115. The van der Waals surface area contributed by atoms with Crippen molar-refractivity contribution in [3.8, 4) is 5.75 Å². The number of anilines is 2. The van der Waals surface area contributed by atoms with E-state index in [0.717, 1.165) is 15.8 Å². The minimum Gasteiger partial charge on any atom is -0.491 e. The van der Waals surface area contributed by atoms with E-state index in [1.54, 1.807) is 6.07 Å². The normalized spacial score (nSPS) is 10.7. The maximum atomic E-state index is 12.2. The van der Waals surface area contributed by atoms with Crippen LogP contribution in [0.5, 0.6) is 5.75 Å². The Morgan fingerprint density at radius 2 is 2.09 bits per heavy atom. The van der Waals surface area contributed by atoms with E-state index in [0.29, 0.717) is 29.6 Å². The lowest BCUT2D eigenvalue weighted by atomic mass is 10.1. The molecule has 0 unspecified atom stereocenters. The number of carbonyl (C=O) groups is 1. The zero-order valence-electron chi connectivity index (χ0n) is 12.7. The molecule has 0 fully saturated rings. The second-order valence-corrected chi connectivity index (χ2v) is 6.08. The Morgan fingerprint density at radius 1 is 1.30 bits per heavy atom. The average Bonchev–Trinajstić information content (AvgIpc) is 2.89. The van der Waals surface area contributed by atoms with Gasteiger partial charge in [-0.2, -0.15) is 0 Å². The molecule has 0 aliphatic carbocycles. The van der Waals surface area contributed by atoms with Gasteiger partial charge in [0.15, 0.2) is 5.13 Å². The third-order valence-electron chi connectivity index (χ3n) is 3.27. The van der Waals surface area contributed by atoms with Gasteiger partial charge < -0.3 is 15.8 Å². The molecule has 1 heterocycles. The molecule has 0 bridgehead atoms. The predicted molar refractivity (Wildman–Crippen MR) is 94.0 cm³/mol. The summed E-state index contributed by atoms with van der Waals surface area (Å²) in [4.78, 5) is 16.5. The molecule has 23 heavy (non-hydrogen) atoms. The fraction of sp³-hybridized carbons (Fsp3) is 0.176. The molecule has 0 aliphatic rings. The minimum atomic E-state index is -0.0736. The van der Waals surface area contributed by atoms with Gasteiger partial charge in [0, 0.05) is 11.8 Å². The first-order valence-corrected chi connectivity index (χ1v) is 8.14. The summed E-state index contributed by atoms with van der Waals surface area (Å²) in [6.07, 6.45) is 0.327. The van der Waals surface area contributed by atoms with E-state index >= 15 is 0 Å². The number of nitrogens with one attached hydrogen (secondary N) is 1. The third kappa shape index (κ3) is 3.60. The summed E-state index contributed by atoms with van der Waals surface area (Å²) in [6, 6.07) is 13.3. The van der Waals surface area contributed by atoms with Crippen LogP contribution in [0.2, 0.25) is 0 Å². The molecule has 1 amide bonds. The smallest absolute Gasteiger partial charge is 0.228 e. The van der Waals surface area contributed by atoms with Crippen molar-refractivity contribution in [2.24, 2.45) is 0 Å². The van der Waals surface area contributed by atoms with Gasteiger partial charge in [-0.1, -0.05) is 41.7 Å². The number of carbonyl (C=O) groups excluding carboxylic acids is 1. The Hall–Kier alpha value is -2.60. The number of benzene rings is 2. The number of rotatable bonds is 5. The van der Waals surface area contributed by atoms with Crippen molar-refractivity contribution in [3.63, 3.8) is 0 Å². The van der Waals surface area contributed by atoms with Crippen LogP contribution in [0, 0.1) is 0 Å². The van der Waals surface area contributed by atoms with Crippen LogP contribution in [0.15, 0.2) is 42.5 Å². The Labute approximate surface area is 138 Å². The van der Waals surface area contributed by atoms with Crippen molar-refractivity contribution in [2.75, 3.05) is 17.7 Å². The van der Waals surface area contributed by atoms with Crippen molar-refractivity contribution >= 4 is 38.3 Å². The SMILES string of the molecule is CCOc1cc(NC(=O)Cc2ccccc2)cc2sc(N)nc12. The van der Waals surface area contributed by atoms with Crippen LogP contribution in [0.3, 0.4) is 0 Å². The van der Waals surface area contributed by atoms with Crippen molar-refractivity contribution in [2.45, 2.75) is 13.3 Å². The molecule has 0 atom stereocenters. The molecular weight excluding hydrogens is 310 g/mol. The first-order valence-electron chi connectivity index (χ1n) is 7.32. The number of nitrogen functional groups attached to an aromatic ring is 1. The number of thiazole rings is 1. The van der Waals surface area contributed by atoms with Gasteiger partial charge in [-0.05, 0) is 18.6 Å². The molecule has 2 aromatic carbocycles. The van der Waals surface area contributed by atoms with Gasteiger partial charge in [0.1, 0.15) is 11.3 Å². The summed E-state index contributed by atoms with van der Waals surface area (Å²) in [5.74, 6) is 0.559.